The Labute approximate surface area is 101 Å². The number of nitrogens with zero attached hydrogens (tertiary/aromatic N) is 1. The van der Waals surface area contributed by atoms with E-state index in [2.05, 4.69) is 4.90 Å². The number of halogens is 1. The Kier molecular flexibility index (Phi) is 4.15. The summed E-state index contributed by atoms with van der Waals surface area (Å²) in [5.74, 6) is -0.435. The average molecular weight is 237 g/mol. The first-order chi connectivity index (χ1) is 8.16. The number of benzene rings is 1. The Morgan fingerprint density at radius 1 is 1.18 bits per heavy atom. The van der Waals surface area contributed by atoms with Gasteiger partial charge in [0.15, 0.2) is 0 Å². The summed E-state index contributed by atoms with van der Waals surface area (Å²) in [5.41, 5.74) is 1.07. The summed E-state index contributed by atoms with van der Waals surface area (Å²) < 4.78 is 13.1. The molecule has 1 saturated heterocycles. The summed E-state index contributed by atoms with van der Waals surface area (Å²) in [5, 5.41) is 18.5. The number of likely N-dealkylation sites (tertiary alicyclic amines) is 1. The Morgan fingerprint density at radius 2 is 1.88 bits per heavy atom. The summed E-state index contributed by atoms with van der Waals surface area (Å²) in [6.45, 7) is 2.71. The molecule has 1 aromatic rings. The zero-order chi connectivity index (χ0) is 12.3. The third-order valence-electron chi connectivity index (χ3n) is 3.23. The summed E-state index contributed by atoms with van der Waals surface area (Å²) >= 11 is 0. The highest BCUT2D eigenvalue weighted by molar-refractivity contribution is 6.59. The first-order valence-electron chi connectivity index (χ1n) is 6.03. The molecular weight excluding hydrogens is 220 g/mol. The van der Waals surface area contributed by atoms with Crippen molar-refractivity contribution >= 4 is 12.6 Å². The van der Waals surface area contributed by atoms with Gasteiger partial charge >= 0.3 is 7.12 Å². The van der Waals surface area contributed by atoms with Crippen molar-refractivity contribution in [1.29, 1.82) is 0 Å². The Hall–Kier alpha value is -0.905. The first-order valence-corrected chi connectivity index (χ1v) is 6.03. The fourth-order valence-electron chi connectivity index (χ4n) is 2.31. The molecule has 0 aliphatic carbocycles. The number of hydrogen-bond acceptors (Lipinski definition) is 3. The Balaban J connectivity index is 2.13. The molecule has 1 aliphatic heterocycles. The molecular formula is C12H17BFNO2. The van der Waals surface area contributed by atoms with Crippen LogP contribution in [0.25, 0.3) is 0 Å². The SMILES string of the molecule is OB(O)c1cc(F)ccc1CN1CCCCC1. The van der Waals surface area contributed by atoms with Crippen LogP contribution in [0.5, 0.6) is 0 Å². The van der Waals surface area contributed by atoms with Crippen LogP contribution < -0.4 is 5.46 Å². The average Bonchev–Trinajstić information content (AvgIpc) is 2.32. The van der Waals surface area contributed by atoms with Gasteiger partial charge in [-0.1, -0.05) is 12.5 Å². The van der Waals surface area contributed by atoms with Crippen molar-refractivity contribution in [2.24, 2.45) is 0 Å². The van der Waals surface area contributed by atoms with Crippen LogP contribution in [0.3, 0.4) is 0 Å². The molecule has 0 saturated carbocycles. The maximum absolute atomic E-state index is 13.1. The van der Waals surface area contributed by atoms with Gasteiger partial charge in [0.2, 0.25) is 0 Å². The number of rotatable bonds is 3. The number of hydrogen-bond donors (Lipinski definition) is 2. The highest BCUT2D eigenvalue weighted by Crippen LogP contribution is 2.12. The van der Waals surface area contributed by atoms with Crippen LogP contribution in [0, 0.1) is 5.82 Å². The van der Waals surface area contributed by atoms with Crippen molar-refractivity contribution in [3.63, 3.8) is 0 Å². The molecule has 1 aromatic carbocycles. The van der Waals surface area contributed by atoms with E-state index in [1.165, 1.54) is 31.4 Å². The van der Waals surface area contributed by atoms with Crippen LogP contribution in [-0.2, 0) is 6.54 Å². The summed E-state index contributed by atoms with van der Waals surface area (Å²) in [6.07, 6.45) is 3.62. The fourth-order valence-corrected chi connectivity index (χ4v) is 2.31. The van der Waals surface area contributed by atoms with E-state index in [1.807, 2.05) is 0 Å². The molecule has 0 atom stereocenters. The molecule has 1 aliphatic rings. The van der Waals surface area contributed by atoms with Gasteiger partial charge in [-0.15, -0.1) is 0 Å². The molecule has 92 valence electrons. The van der Waals surface area contributed by atoms with E-state index in [4.69, 9.17) is 0 Å². The van der Waals surface area contributed by atoms with Crippen LogP contribution in [0.1, 0.15) is 24.8 Å². The molecule has 5 heteroatoms. The molecule has 0 unspecified atom stereocenters. The Morgan fingerprint density at radius 3 is 2.53 bits per heavy atom. The lowest BCUT2D eigenvalue weighted by Gasteiger charge is -2.27. The molecule has 1 fully saturated rings. The lowest BCUT2D eigenvalue weighted by Crippen LogP contribution is -2.37. The molecule has 17 heavy (non-hydrogen) atoms. The second-order valence-corrected chi connectivity index (χ2v) is 4.55. The van der Waals surface area contributed by atoms with Gasteiger partial charge in [-0.05, 0) is 49.1 Å². The minimum Gasteiger partial charge on any atom is -0.423 e. The summed E-state index contributed by atoms with van der Waals surface area (Å²) in [7, 11) is -1.61. The van der Waals surface area contributed by atoms with Crippen LogP contribution in [-0.4, -0.2) is 35.2 Å². The highest BCUT2D eigenvalue weighted by atomic mass is 19.1. The summed E-state index contributed by atoms with van der Waals surface area (Å²) in [6, 6.07) is 4.20. The normalized spacial score (nSPS) is 17.1. The van der Waals surface area contributed by atoms with E-state index in [-0.39, 0.29) is 5.46 Å². The van der Waals surface area contributed by atoms with Crippen molar-refractivity contribution in [3.05, 3.63) is 29.6 Å². The quantitative estimate of drug-likeness (QED) is 0.752. The van der Waals surface area contributed by atoms with Gasteiger partial charge < -0.3 is 10.0 Å². The van der Waals surface area contributed by atoms with Gasteiger partial charge in [-0.2, -0.15) is 0 Å². The third kappa shape index (κ3) is 3.28. The molecule has 0 spiro atoms. The van der Waals surface area contributed by atoms with Crippen molar-refractivity contribution < 1.29 is 14.4 Å². The molecule has 2 rings (SSSR count). The van der Waals surface area contributed by atoms with Crippen molar-refractivity contribution in [2.75, 3.05) is 13.1 Å². The van der Waals surface area contributed by atoms with Crippen LogP contribution in [0.2, 0.25) is 0 Å². The van der Waals surface area contributed by atoms with Gasteiger partial charge in [-0.3, -0.25) is 4.90 Å². The maximum atomic E-state index is 13.1. The van der Waals surface area contributed by atoms with E-state index in [0.29, 0.717) is 6.54 Å². The Bertz CT molecular complexity index is 381. The van der Waals surface area contributed by atoms with Gasteiger partial charge in [0.1, 0.15) is 5.82 Å². The molecule has 3 nitrogen and oxygen atoms in total. The molecule has 1 heterocycles. The van der Waals surface area contributed by atoms with Gasteiger partial charge in [-0.25, -0.2) is 4.39 Å². The van der Waals surface area contributed by atoms with E-state index in [9.17, 15) is 14.4 Å². The predicted octanol–water partition coefficient (Wildman–Crippen LogP) is 0.491. The topological polar surface area (TPSA) is 43.7 Å². The second-order valence-electron chi connectivity index (χ2n) is 4.55. The number of piperidine rings is 1. The molecule has 0 radical (unpaired) electrons. The van der Waals surface area contributed by atoms with Gasteiger partial charge in [0.05, 0.1) is 0 Å². The van der Waals surface area contributed by atoms with Gasteiger partial charge in [0.25, 0.3) is 0 Å². The zero-order valence-electron chi connectivity index (χ0n) is 9.77. The molecule has 0 bridgehead atoms. The summed E-state index contributed by atoms with van der Waals surface area (Å²) in [4.78, 5) is 2.27. The molecule has 0 aromatic heterocycles. The standard InChI is InChI=1S/C12H17BFNO2/c14-11-5-4-10(12(8-11)13(16)17)9-15-6-2-1-3-7-15/h4-5,8,16-17H,1-3,6-7,9H2. The lowest BCUT2D eigenvalue weighted by atomic mass is 9.76. The van der Waals surface area contributed by atoms with Crippen molar-refractivity contribution in [2.45, 2.75) is 25.8 Å². The van der Waals surface area contributed by atoms with E-state index < -0.39 is 12.9 Å². The van der Waals surface area contributed by atoms with E-state index >= 15 is 0 Å². The van der Waals surface area contributed by atoms with Crippen LogP contribution in [0.4, 0.5) is 4.39 Å². The first kappa shape index (κ1) is 12.5. The largest absolute Gasteiger partial charge is 0.488 e. The van der Waals surface area contributed by atoms with Crippen LogP contribution >= 0.6 is 0 Å². The predicted molar refractivity (Wildman–Crippen MR) is 65.4 cm³/mol. The third-order valence-corrected chi connectivity index (χ3v) is 3.23. The lowest BCUT2D eigenvalue weighted by molar-refractivity contribution is 0.221. The second kappa shape index (κ2) is 5.62. The monoisotopic (exact) mass is 237 g/mol. The van der Waals surface area contributed by atoms with Crippen molar-refractivity contribution in [3.8, 4) is 0 Å². The molecule has 2 N–H and O–H groups in total. The minimum absolute atomic E-state index is 0.274. The van der Waals surface area contributed by atoms with E-state index in [0.717, 1.165) is 18.7 Å². The fraction of sp³-hybridized carbons (Fsp3) is 0.500. The van der Waals surface area contributed by atoms with Gasteiger partial charge in [0, 0.05) is 6.54 Å². The van der Waals surface area contributed by atoms with Crippen molar-refractivity contribution in [1.82, 2.24) is 4.90 Å². The van der Waals surface area contributed by atoms with Crippen LogP contribution in [0.15, 0.2) is 18.2 Å². The smallest absolute Gasteiger partial charge is 0.423 e. The highest BCUT2D eigenvalue weighted by Gasteiger charge is 2.19. The minimum atomic E-state index is -1.61. The zero-order valence-corrected chi connectivity index (χ0v) is 9.77. The maximum Gasteiger partial charge on any atom is 0.488 e. The van der Waals surface area contributed by atoms with E-state index in [1.54, 1.807) is 6.07 Å². The molecule has 0 amide bonds.